The molecule has 1 aromatic rings. The van der Waals surface area contributed by atoms with Gasteiger partial charge in [-0.15, -0.1) is 12.4 Å². The first-order valence-corrected chi connectivity index (χ1v) is 8.63. The molecule has 1 aromatic carbocycles. The van der Waals surface area contributed by atoms with E-state index in [2.05, 4.69) is 32.2 Å². The number of nitrogens with two attached hydrogens (primary N) is 1. The fraction of sp³-hybridized carbons (Fsp3) is 0.632. The smallest absolute Gasteiger partial charge is 0.223 e. The van der Waals surface area contributed by atoms with Crippen LogP contribution in [0.5, 0.6) is 5.75 Å². The Kier molecular flexibility index (Phi) is 8.04. The molecule has 0 aliphatic heterocycles. The Morgan fingerprint density at radius 2 is 2.00 bits per heavy atom. The Hall–Kier alpha value is -1.26. The van der Waals surface area contributed by atoms with Gasteiger partial charge in [-0.25, -0.2) is 0 Å². The van der Waals surface area contributed by atoms with Crippen molar-refractivity contribution in [3.05, 3.63) is 29.8 Å². The van der Waals surface area contributed by atoms with E-state index in [4.69, 9.17) is 10.5 Å². The molecule has 1 fully saturated rings. The molecule has 0 radical (unpaired) electrons. The van der Waals surface area contributed by atoms with Gasteiger partial charge >= 0.3 is 0 Å². The number of ether oxygens (including phenoxy) is 1. The number of rotatable bonds is 5. The van der Waals surface area contributed by atoms with E-state index in [1.807, 2.05) is 18.2 Å². The number of amides is 1. The molecule has 1 aliphatic carbocycles. The first-order valence-electron chi connectivity index (χ1n) is 8.63. The van der Waals surface area contributed by atoms with Crippen molar-refractivity contribution in [2.45, 2.75) is 57.9 Å². The summed E-state index contributed by atoms with van der Waals surface area (Å²) in [5, 5.41) is 2.98. The first-order chi connectivity index (χ1) is 10.9. The lowest BCUT2D eigenvalue weighted by Gasteiger charge is -2.26. The summed E-state index contributed by atoms with van der Waals surface area (Å²) in [7, 11) is 0. The van der Waals surface area contributed by atoms with E-state index in [9.17, 15) is 4.79 Å². The van der Waals surface area contributed by atoms with Crippen LogP contribution < -0.4 is 15.8 Å². The number of halogens is 1. The molecule has 1 amide bonds. The van der Waals surface area contributed by atoms with Crippen LogP contribution in [0.25, 0.3) is 0 Å². The second-order valence-electron chi connectivity index (χ2n) is 7.51. The van der Waals surface area contributed by atoms with Crippen molar-refractivity contribution >= 4 is 18.3 Å². The van der Waals surface area contributed by atoms with Gasteiger partial charge in [-0.3, -0.25) is 4.79 Å². The maximum Gasteiger partial charge on any atom is 0.223 e. The van der Waals surface area contributed by atoms with E-state index >= 15 is 0 Å². The van der Waals surface area contributed by atoms with Crippen LogP contribution in [0.4, 0.5) is 0 Å². The number of para-hydroxylation sites is 1. The third-order valence-electron chi connectivity index (χ3n) is 4.44. The molecule has 3 N–H and O–H groups in total. The summed E-state index contributed by atoms with van der Waals surface area (Å²) in [4.78, 5) is 12.2. The number of hydrogen-bond donors (Lipinski definition) is 2. The van der Waals surface area contributed by atoms with Gasteiger partial charge in [-0.05, 0) is 36.3 Å². The highest BCUT2D eigenvalue weighted by Gasteiger charge is 2.25. The van der Waals surface area contributed by atoms with Crippen molar-refractivity contribution < 1.29 is 9.53 Å². The van der Waals surface area contributed by atoms with Crippen LogP contribution in [0, 0.1) is 5.92 Å². The minimum atomic E-state index is 0. The van der Waals surface area contributed by atoms with Gasteiger partial charge in [0, 0.05) is 12.0 Å². The van der Waals surface area contributed by atoms with Gasteiger partial charge < -0.3 is 15.8 Å². The molecule has 0 heterocycles. The molecule has 0 aromatic heterocycles. The average Bonchev–Trinajstić information content (AvgIpc) is 2.51. The van der Waals surface area contributed by atoms with Crippen LogP contribution in [-0.2, 0) is 10.2 Å². The highest BCUT2D eigenvalue weighted by atomic mass is 35.5. The standard InChI is InChI=1S/C19H30N2O2.ClH/c1-19(2,3)16-9-4-5-10-17(16)23-12-11-21-18(22)14-7-6-8-15(20)13-14;/h4-5,9-10,14-15H,6-8,11-13,20H2,1-3H3,(H,21,22);1H. The Morgan fingerprint density at radius 1 is 1.29 bits per heavy atom. The minimum absolute atomic E-state index is 0. The highest BCUT2D eigenvalue weighted by molar-refractivity contribution is 5.85. The fourth-order valence-corrected chi connectivity index (χ4v) is 3.16. The lowest BCUT2D eigenvalue weighted by molar-refractivity contribution is -0.126. The molecule has 2 unspecified atom stereocenters. The van der Waals surface area contributed by atoms with Crippen LogP contribution in [0.2, 0.25) is 0 Å². The quantitative estimate of drug-likeness (QED) is 0.796. The van der Waals surface area contributed by atoms with Gasteiger partial charge in [0.2, 0.25) is 5.91 Å². The summed E-state index contributed by atoms with van der Waals surface area (Å²) in [6.45, 7) is 7.52. The van der Waals surface area contributed by atoms with Gasteiger partial charge in [-0.2, -0.15) is 0 Å². The predicted octanol–water partition coefficient (Wildman–Crippen LogP) is 3.42. The van der Waals surface area contributed by atoms with Crippen LogP contribution in [0.15, 0.2) is 24.3 Å². The zero-order chi connectivity index (χ0) is 16.9. The third-order valence-corrected chi connectivity index (χ3v) is 4.44. The summed E-state index contributed by atoms with van der Waals surface area (Å²) in [5.74, 6) is 1.09. The molecule has 24 heavy (non-hydrogen) atoms. The van der Waals surface area contributed by atoms with E-state index in [1.54, 1.807) is 0 Å². The van der Waals surface area contributed by atoms with Crippen LogP contribution in [0.1, 0.15) is 52.0 Å². The maximum absolute atomic E-state index is 12.2. The van der Waals surface area contributed by atoms with Gasteiger partial charge in [0.15, 0.2) is 0 Å². The molecule has 2 atom stereocenters. The summed E-state index contributed by atoms with van der Waals surface area (Å²) in [5.41, 5.74) is 7.17. The Bertz CT molecular complexity index is 528. The molecule has 0 spiro atoms. The molecular formula is C19H31ClN2O2. The number of benzene rings is 1. The van der Waals surface area contributed by atoms with E-state index < -0.39 is 0 Å². The predicted molar refractivity (Wildman–Crippen MR) is 101 cm³/mol. The molecule has 0 saturated heterocycles. The number of hydrogen-bond acceptors (Lipinski definition) is 3. The average molecular weight is 355 g/mol. The molecule has 4 nitrogen and oxygen atoms in total. The monoisotopic (exact) mass is 354 g/mol. The molecule has 1 aliphatic rings. The summed E-state index contributed by atoms with van der Waals surface area (Å²) in [6, 6.07) is 8.27. The van der Waals surface area contributed by atoms with Crippen LogP contribution >= 0.6 is 12.4 Å². The van der Waals surface area contributed by atoms with Crippen molar-refractivity contribution in [2.24, 2.45) is 11.7 Å². The van der Waals surface area contributed by atoms with E-state index in [0.29, 0.717) is 13.2 Å². The lowest BCUT2D eigenvalue weighted by atomic mass is 9.85. The molecule has 136 valence electrons. The Morgan fingerprint density at radius 3 is 2.67 bits per heavy atom. The number of nitrogens with one attached hydrogen (secondary N) is 1. The maximum atomic E-state index is 12.2. The zero-order valence-electron chi connectivity index (χ0n) is 15.0. The SMILES string of the molecule is CC(C)(C)c1ccccc1OCCNC(=O)C1CCCC(N)C1.Cl. The normalized spacial score (nSPS) is 20.8. The largest absolute Gasteiger partial charge is 0.491 e. The van der Waals surface area contributed by atoms with Crippen molar-refractivity contribution in [3.8, 4) is 5.75 Å². The summed E-state index contributed by atoms with van der Waals surface area (Å²) in [6.07, 6.45) is 3.85. The Labute approximate surface area is 151 Å². The van der Waals surface area contributed by atoms with Gasteiger partial charge in [-0.1, -0.05) is 45.4 Å². The van der Waals surface area contributed by atoms with Gasteiger partial charge in [0.25, 0.3) is 0 Å². The summed E-state index contributed by atoms with van der Waals surface area (Å²) >= 11 is 0. The topological polar surface area (TPSA) is 64.3 Å². The minimum Gasteiger partial charge on any atom is -0.491 e. The Balaban J connectivity index is 0.00000288. The highest BCUT2D eigenvalue weighted by Crippen LogP contribution is 2.30. The van der Waals surface area contributed by atoms with Gasteiger partial charge in [0.05, 0.1) is 6.54 Å². The van der Waals surface area contributed by atoms with Crippen LogP contribution in [0.3, 0.4) is 0 Å². The van der Waals surface area contributed by atoms with Crippen LogP contribution in [-0.4, -0.2) is 25.1 Å². The fourth-order valence-electron chi connectivity index (χ4n) is 3.16. The van der Waals surface area contributed by atoms with Crippen molar-refractivity contribution in [1.29, 1.82) is 0 Å². The molecule has 5 heteroatoms. The third kappa shape index (κ3) is 5.99. The number of carbonyl (C=O) groups excluding carboxylic acids is 1. The number of carbonyl (C=O) groups is 1. The van der Waals surface area contributed by atoms with Crippen molar-refractivity contribution in [3.63, 3.8) is 0 Å². The molecule has 0 bridgehead atoms. The van der Waals surface area contributed by atoms with E-state index in [0.717, 1.165) is 31.4 Å². The molecular weight excluding hydrogens is 324 g/mol. The van der Waals surface area contributed by atoms with E-state index in [1.165, 1.54) is 5.56 Å². The van der Waals surface area contributed by atoms with Gasteiger partial charge in [0.1, 0.15) is 12.4 Å². The lowest BCUT2D eigenvalue weighted by Crippen LogP contribution is -2.39. The van der Waals surface area contributed by atoms with E-state index in [-0.39, 0.29) is 35.7 Å². The first kappa shape index (κ1) is 20.8. The summed E-state index contributed by atoms with van der Waals surface area (Å²) < 4.78 is 5.88. The van der Waals surface area contributed by atoms with Crippen molar-refractivity contribution in [1.82, 2.24) is 5.32 Å². The van der Waals surface area contributed by atoms with Crippen molar-refractivity contribution in [2.75, 3.05) is 13.2 Å². The second-order valence-corrected chi connectivity index (χ2v) is 7.51. The second kappa shape index (κ2) is 9.28. The molecule has 1 saturated carbocycles. The molecule has 2 rings (SSSR count). The zero-order valence-corrected chi connectivity index (χ0v) is 15.8.